The van der Waals surface area contributed by atoms with Crippen LogP contribution in [0, 0.1) is 0 Å². The first-order valence-corrected chi connectivity index (χ1v) is 12.0. The van der Waals surface area contributed by atoms with E-state index in [1.165, 1.54) is 11.9 Å². The normalized spacial score (nSPS) is 18.0. The Bertz CT molecular complexity index is 1300. The highest BCUT2D eigenvalue weighted by Gasteiger charge is 2.28. The van der Waals surface area contributed by atoms with E-state index in [2.05, 4.69) is 41.2 Å². The topological polar surface area (TPSA) is 94.7 Å². The number of aryl methyl sites for hydroxylation is 1. The van der Waals surface area contributed by atoms with Gasteiger partial charge < -0.3 is 19.0 Å². The Balaban J connectivity index is 1.55. The van der Waals surface area contributed by atoms with Crippen LogP contribution in [-0.4, -0.2) is 39.9 Å². The van der Waals surface area contributed by atoms with Crippen molar-refractivity contribution < 1.29 is 23.8 Å². The van der Waals surface area contributed by atoms with E-state index in [0.29, 0.717) is 18.0 Å². The largest absolute Gasteiger partial charge is 0.480 e. The molecule has 0 aliphatic heterocycles. The van der Waals surface area contributed by atoms with E-state index in [4.69, 9.17) is 19.0 Å². The monoisotopic (exact) mass is 472 g/mol. The molecule has 0 radical (unpaired) electrons. The molecule has 1 saturated carbocycles. The third-order valence-electron chi connectivity index (χ3n) is 6.44. The number of benzene rings is 2. The number of hydrogen-bond donors (Lipinski definition) is 1. The second kappa shape index (κ2) is 10.3. The van der Waals surface area contributed by atoms with Gasteiger partial charge in [0.15, 0.2) is 0 Å². The average Bonchev–Trinajstić information content (AvgIpc) is 3.29. The number of fused-ring (bicyclic) bond motifs is 1. The maximum absolute atomic E-state index is 10.9. The van der Waals surface area contributed by atoms with Crippen molar-refractivity contribution in [3.63, 3.8) is 0 Å². The minimum atomic E-state index is -0.962. The van der Waals surface area contributed by atoms with Crippen LogP contribution in [0.2, 0.25) is 0 Å². The molecule has 0 bridgehead atoms. The Labute approximate surface area is 203 Å². The molecule has 2 atom stereocenters. The summed E-state index contributed by atoms with van der Waals surface area (Å²) in [5, 5.41) is 9.69. The highest BCUT2D eigenvalue weighted by Crippen LogP contribution is 2.43. The molecule has 5 rings (SSSR count). The summed E-state index contributed by atoms with van der Waals surface area (Å²) in [5.41, 5.74) is 4.58. The standard InChI is InChI=1S/C28H28N2O5/c1-2-18-11-13-19(14-12-18)24-25-27(34-22-10-6-9-21(15-22)33-16-23(31)32)29-17-30-28(25)35-26(24)20-7-4-3-5-8-20/h3-5,7-8,11-14,17,21-22H,2,6,9-10,15-16H2,1H3,(H,31,32)/t21-,22+/m1/s1. The smallest absolute Gasteiger partial charge is 0.329 e. The van der Waals surface area contributed by atoms with Gasteiger partial charge in [-0.2, -0.15) is 0 Å². The fourth-order valence-corrected chi connectivity index (χ4v) is 4.68. The molecule has 1 N–H and O–H groups in total. The molecule has 4 aromatic rings. The quantitative estimate of drug-likeness (QED) is 0.341. The van der Waals surface area contributed by atoms with Gasteiger partial charge in [-0.1, -0.05) is 61.5 Å². The molecule has 0 spiro atoms. The van der Waals surface area contributed by atoms with Gasteiger partial charge in [0.2, 0.25) is 11.6 Å². The molecule has 2 heterocycles. The number of ether oxygens (including phenoxy) is 2. The summed E-state index contributed by atoms with van der Waals surface area (Å²) in [6.07, 6.45) is 5.33. The van der Waals surface area contributed by atoms with Crippen LogP contribution in [0.5, 0.6) is 5.88 Å². The van der Waals surface area contributed by atoms with E-state index in [0.717, 1.165) is 53.5 Å². The molecule has 0 saturated heterocycles. The summed E-state index contributed by atoms with van der Waals surface area (Å²) in [7, 11) is 0. The van der Waals surface area contributed by atoms with Crippen molar-refractivity contribution >= 4 is 17.1 Å². The van der Waals surface area contributed by atoms with Gasteiger partial charge in [-0.25, -0.2) is 14.8 Å². The van der Waals surface area contributed by atoms with Crippen molar-refractivity contribution in [1.29, 1.82) is 0 Å². The van der Waals surface area contributed by atoms with Gasteiger partial charge in [-0.3, -0.25) is 0 Å². The molecule has 1 fully saturated rings. The average molecular weight is 473 g/mol. The van der Waals surface area contributed by atoms with Crippen LogP contribution in [-0.2, 0) is 16.0 Å². The number of carboxylic acid groups (broad SMARTS) is 1. The summed E-state index contributed by atoms with van der Waals surface area (Å²) in [5.74, 6) is 0.233. The van der Waals surface area contributed by atoms with Crippen LogP contribution in [0.3, 0.4) is 0 Å². The number of nitrogens with zero attached hydrogens (tertiary/aromatic N) is 2. The summed E-state index contributed by atoms with van der Waals surface area (Å²) in [6, 6.07) is 18.4. The predicted octanol–water partition coefficient (Wildman–Crippen LogP) is 5.91. The van der Waals surface area contributed by atoms with Crippen LogP contribution in [0.15, 0.2) is 65.3 Å². The molecule has 0 unspecified atom stereocenters. The Morgan fingerprint density at radius 1 is 1.03 bits per heavy atom. The second-order valence-electron chi connectivity index (χ2n) is 8.81. The number of furan rings is 1. The number of hydrogen-bond acceptors (Lipinski definition) is 6. The Kier molecular flexibility index (Phi) is 6.77. The third-order valence-corrected chi connectivity index (χ3v) is 6.44. The molecule has 7 heteroatoms. The van der Waals surface area contributed by atoms with Crippen molar-refractivity contribution in [2.24, 2.45) is 0 Å². The lowest BCUT2D eigenvalue weighted by molar-refractivity contribution is -0.145. The van der Waals surface area contributed by atoms with E-state index >= 15 is 0 Å². The molecule has 2 aromatic carbocycles. The third kappa shape index (κ3) is 5.05. The first kappa shape index (κ1) is 23.1. The highest BCUT2D eigenvalue weighted by atomic mass is 16.5. The minimum Gasteiger partial charge on any atom is -0.480 e. The van der Waals surface area contributed by atoms with Gasteiger partial charge in [0.05, 0.1) is 6.10 Å². The van der Waals surface area contributed by atoms with Crippen molar-refractivity contribution in [3.05, 3.63) is 66.5 Å². The number of carboxylic acids is 1. The molecular weight excluding hydrogens is 444 g/mol. The summed E-state index contributed by atoms with van der Waals surface area (Å²) >= 11 is 0. The van der Waals surface area contributed by atoms with Crippen molar-refractivity contribution in [2.45, 2.75) is 51.2 Å². The zero-order valence-electron chi connectivity index (χ0n) is 19.6. The van der Waals surface area contributed by atoms with E-state index in [1.807, 2.05) is 30.3 Å². The van der Waals surface area contributed by atoms with Crippen LogP contribution in [0.1, 0.15) is 38.2 Å². The highest BCUT2D eigenvalue weighted by molar-refractivity contribution is 6.03. The number of aromatic nitrogens is 2. The second-order valence-corrected chi connectivity index (χ2v) is 8.81. The predicted molar refractivity (Wildman–Crippen MR) is 132 cm³/mol. The number of carbonyl (C=O) groups is 1. The maximum Gasteiger partial charge on any atom is 0.329 e. The molecule has 7 nitrogen and oxygen atoms in total. The Morgan fingerprint density at radius 3 is 2.54 bits per heavy atom. The summed E-state index contributed by atoms with van der Waals surface area (Å²) in [6.45, 7) is 1.84. The zero-order chi connectivity index (χ0) is 24.2. The van der Waals surface area contributed by atoms with Crippen LogP contribution in [0.25, 0.3) is 33.6 Å². The number of aliphatic carboxylic acids is 1. The van der Waals surface area contributed by atoms with Crippen molar-refractivity contribution in [1.82, 2.24) is 9.97 Å². The van der Waals surface area contributed by atoms with Crippen molar-refractivity contribution in [2.75, 3.05) is 6.61 Å². The van der Waals surface area contributed by atoms with Crippen LogP contribution < -0.4 is 4.74 Å². The first-order chi connectivity index (χ1) is 17.1. The van der Waals surface area contributed by atoms with Gasteiger partial charge in [0, 0.05) is 17.5 Å². The lowest BCUT2D eigenvalue weighted by atomic mass is 9.94. The van der Waals surface area contributed by atoms with Gasteiger partial charge >= 0.3 is 5.97 Å². The lowest BCUT2D eigenvalue weighted by Gasteiger charge is -2.29. The minimum absolute atomic E-state index is 0.133. The zero-order valence-corrected chi connectivity index (χ0v) is 19.6. The molecule has 180 valence electrons. The van der Waals surface area contributed by atoms with E-state index < -0.39 is 5.97 Å². The fraction of sp³-hybridized carbons (Fsp3) is 0.321. The van der Waals surface area contributed by atoms with Gasteiger partial charge in [0.25, 0.3) is 0 Å². The Morgan fingerprint density at radius 2 is 1.80 bits per heavy atom. The molecule has 0 amide bonds. The molecule has 2 aromatic heterocycles. The van der Waals surface area contributed by atoms with E-state index in [1.54, 1.807) is 0 Å². The lowest BCUT2D eigenvalue weighted by Crippen LogP contribution is -2.31. The number of rotatable bonds is 8. The summed E-state index contributed by atoms with van der Waals surface area (Å²) < 4.78 is 18.3. The Hall–Kier alpha value is -3.71. The molecule has 1 aliphatic rings. The van der Waals surface area contributed by atoms with E-state index in [-0.39, 0.29) is 18.8 Å². The maximum atomic E-state index is 10.9. The first-order valence-electron chi connectivity index (χ1n) is 12.0. The fourth-order valence-electron chi connectivity index (χ4n) is 4.68. The van der Waals surface area contributed by atoms with Crippen LogP contribution in [0.4, 0.5) is 0 Å². The molecular formula is C28H28N2O5. The van der Waals surface area contributed by atoms with Gasteiger partial charge in [-0.05, 0) is 36.8 Å². The van der Waals surface area contributed by atoms with Crippen molar-refractivity contribution in [3.8, 4) is 28.3 Å². The van der Waals surface area contributed by atoms with Crippen LogP contribution >= 0.6 is 0 Å². The SMILES string of the molecule is CCc1ccc(-c2c(-c3ccccc3)oc3ncnc(O[C@H]4CCC[C@@H](OCC(=O)O)C4)c23)cc1. The van der Waals surface area contributed by atoms with Gasteiger partial charge in [-0.15, -0.1) is 0 Å². The molecule has 1 aliphatic carbocycles. The van der Waals surface area contributed by atoms with E-state index in [9.17, 15) is 4.79 Å². The van der Waals surface area contributed by atoms with Gasteiger partial charge in [0.1, 0.15) is 30.2 Å². The summed E-state index contributed by atoms with van der Waals surface area (Å²) in [4.78, 5) is 19.8. The molecule has 35 heavy (non-hydrogen) atoms.